The second kappa shape index (κ2) is 8.40. The van der Waals surface area contributed by atoms with E-state index in [0.717, 1.165) is 37.5 Å². The fourth-order valence-electron chi connectivity index (χ4n) is 3.13. The molecule has 2 heterocycles. The van der Waals surface area contributed by atoms with E-state index in [1.165, 1.54) is 41.8 Å². The molecule has 3 rings (SSSR count). The van der Waals surface area contributed by atoms with Gasteiger partial charge in [0, 0.05) is 42.9 Å². The minimum atomic E-state index is -0.238. The number of carbonyl (C=O) groups is 1. The number of hydrogen-bond acceptors (Lipinski definition) is 4. The Morgan fingerprint density at radius 2 is 2.04 bits per heavy atom. The lowest BCUT2D eigenvalue weighted by atomic mass is 10.2. The number of hydrogen-bond donors (Lipinski definition) is 0. The molecule has 3 nitrogen and oxygen atoms in total. The first kappa shape index (κ1) is 17.1. The molecule has 0 N–H and O–H groups in total. The molecule has 1 atom stereocenters. The summed E-state index contributed by atoms with van der Waals surface area (Å²) in [6.45, 7) is 3.81. The van der Waals surface area contributed by atoms with E-state index in [2.05, 4.69) is 4.90 Å². The summed E-state index contributed by atoms with van der Waals surface area (Å²) < 4.78 is 12.9. The Morgan fingerprint density at radius 1 is 1.22 bits per heavy atom. The Labute approximate surface area is 146 Å². The lowest BCUT2D eigenvalue weighted by molar-refractivity contribution is -0.128. The average molecular weight is 355 g/mol. The van der Waals surface area contributed by atoms with Crippen molar-refractivity contribution in [2.45, 2.75) is 23.8 Å². The first-order valence-corrected chi connectivity index (χ1v) is 10.3. The number of thioether (sulfide) groups is 2. The van der Waals surface area contributed by atoms with Crippen molar-refractivity contribution in [3.05, 3.63) is 30.1 Å². The number of rotatable bonds is 4. The highest BCUT2D eigenvalue weighted by atomic mass is 32.2. The second-order valence-electron chi connectivity index (χ2n) is 6.03. The molecule has 0 aromatic heterocycles. The summed E-state index contributed by atoms with van der Waals surface area (Å²) in [7, 11) is 0. The summed E-state index contributed by atoms with van der Waals surface area (Å²) in [5.74, 6) is 2.91. The average Bonchev–Trinajstić information content (AvgIpc) is 2.98. The van der Waals surface area contributed by atoms with Crippen molar-refractivity contribution in [1.82, 2.24) is 9.80 Å². The highest BCUT2D eigenvalue weighted by Crippen LogP contribution is 2.24. The monoisotopic (exact) mass is 354 g/mol. The molecular formula is C17H23FN2OS2. The summed E-state index contributed by atoms with van der Waals surface area (Å²) in [5.41, 5.74) is 0. The van der Waals surface area contributed by atoms with Crippen LogP contribution < -0.4 is 0 Å². The number of halogens is 1. The molecule has 1 amide bonds. The van der Waals surface area contributed by atoms with Gasteiger partial charge in [-0.3, -0.25) is 9.69 Å². The fourth-order valence-corrected chi connectivity index (χ4v) is 5.19. The normalized spacial score (nSPS) is 23.0. The summed E-state index contributed by atoms with van der Waals surface area (Å²) >= 11 is 3.53. The minimum Gasteiger partial charge on any atom is -0.341 e. The Hall–Kier alpha value is -0.720. The van der Waals surface area contributed by atoms with Crippen LogP contribution in [0, 0.1) is 5.82 Å². The molecule has 0 aliphatic carbocycles. The predicted octanol–water partition coefficient (Wildman–Crippen LogP) is 2.96. The van der Waals surface area contributed by atoms with Crippen molar-refractivity contribution in [3.8, 4) is 0 Å². The smallest absolute Gasteiger partial charge is 0.232 e. The third kappa shape index (κ3) is 4.88. The molecule has 2 fully saturated rings. The number of benzene rings is 1. The zero-order valence-electron chi connectivity index (χ0n) is 13.2. The Balaban J connectivity index is 1.46. The predicted molar refractivity (Wildman–Crippen MR) is 95.6 cm³/mol. The Morgan fingerprint density at radius 3 is 2.78 bits per heavy atom. The molecule has 0 spiro atoms. The van der Waals surface area contributed by atoms with Gasteiger partial charge in [0.1, 0.15) is 5.82 Å². The van der Waals surface area contributed by atoms with Crippen molar-refractivity contribution >= 4 is 29.4 Å². The van der Waals surface area contributed by atoms with E-state index in [1.54, 1.807) is 12.1 Å². The van der Waals surface area contributed by atoms with Crippen molar-refractivity contribution in [1.29, 1.82) is 0 Å². The van der Waals surface area contributed by atoms with Crippen molar-refractivity contribution in [2.24, 2.45) is 0 Å². The molecule has 126 valence electrons. The molecule has 6 heteroatoms. The summed E-state index contributed by atoms with van der Waals surface area (Å²) in [6.07, 6.45) is 2.35. The quantitative estimate of drug-likeness (QED) is 0.776. The van der Waals surface area contributed by atoms with Crippen LogP contribution >= 0.6 is 23.5 Å². The van der Waals surface area contributed by atoms with Crippen LogP contribution in [0.1, 0.15) is 12.8 Å². The van der Waals surface area contributed by atoms with Crippen LogP contribution in [0.25, 0.3) is 0 Å². The van der Waals surface area contributed by atoms with Crippen LogP contribution in [0.5, 0.6) is 0 Å². The van der Waals surface area contributed by atoms with E-state index >= 15 is 0 Å². The molecule has 2 saturated heterocycles. The highest BCUT2D eigenvalue weighted by Gasteiger charge is 2.26. The second-order valence-corrected chi connectivity index (χ2v) is 8.23. The highest BCUT2D eigenvalue weighted by molar-refractivity contribution is 8.00. The lowest BCUT2D eigenvalue weighted by Crippen LogP contribution is -2.40. The van der Waals surface area contributed by atoms with Gasteiger partial charge in [-0.25, -0.2) is 4.39 Å². The van der Waals surface area contributed by atoms with Crippen molar-refractivity contribution in [3.63, 3.8) is 0 Å². The van der Waals surface area contributed by atoms with Gasteiger partial charge in [0.15, 0.2) is 0 Å². The number of amides is 1. The van der Waals surface area contributed by atoms with Crippen molar-refractivity contribution in [2.75, 3.05) is 43.4 Å². The van der Waals surface area contributed by atoms with E-state index in [-0.39, 0.29) is 11.7 Å². The molecular weight excluding hydrogens is 331 g/mol. The first-order chi connectivity index (χ1) is 11.2. The maximum Gasteiger partial charge on any atom is 0.232 e. The van der Waals surface area contributed by atoms with Gasteiger partial charge in [0.05, 0.1) is 5.75 Å². The largest absolute Gasteiger partial charge is 0.341 e. The van der Waals surface area contributed by atoms with Gasteiger partial charge in [0.25, 0.3) is 0 Å². The molecule has 1 unspecified atom stereocenters. The van der Waals surface area contributed by atoms with Crippen molar-refractivity contribution < 1.29 is 9.18 Å². The Kier molecular flexibility index (Phi) is 6.25. The summed E-state index contributed by atoms with van der Waals surface area (Å²) in [5, 5.41) is 0. The fraction of sp³-hybridized carbons (Fsp3) is 0.588. The van der Waals surface area contributed by atoms with Crippen LogP contribution in [0.3, 0.4) is 0 Å². The van der Waals surface area contributed by atoms with E-state index in [9.17, 15) is 9.18 Å². The van der Waals surface area contributed by atoms with E-state index < -0.39 is 0 Å². The summed E-state index contributed by atoms with van der Waals surface area (Å²) in [6, 6.07) is 7.06. The molecule has 2 aliphatic rings. The van der Waals surface area contributed by atoms with Gasteiger partial charge in [-0.05, 0) is 42.9 Å². The lowest BCUT2D eigenvalue weighted by Gasteiger charge is -2.26. The number of carbonyl (C=O) groups excluding carboxylic acids is 1. The maximum atomic E-state index is 12.9. The zero-order valence-corrected chi connectivity index (χ0v) is 14.9. The molecule has 2 aliphatic heterocycles. The maximum absolute atomic E-state index is 12.9. The molecule has 23 heavy (non-hydrogen) atoms. The number of nitrogens with zero attached hydrogens (tertiary/aromatic N) is 2. The van der Waals surface area contributed by atoms with Crippen LogP contribution in [0.2, 0.25) is 0 Å². The van der Waals surface area contributed by atoms with E-state index in [4.69, 9.17) is 0 Å². The molecule has 0 bridgehead atoms. The van der Waals surface area contributed by atoms with Crippen LogP contribution in [0.4, 0.5) is 4.39 Å². The van der Waals surface area contributed by atoms with Crippen LogP contribution in [-0.4, -0.2) is 65.2 Å². The van der Waals surface area contributed by atoms with Gasteiger partial charge in [-0.15, -0.1) is 11.8 Å². The zero-order chi connectivity index (χ0) is 16.1. The van der Waals surface area contributed by atoms with Gasteiger partial charge in [-0.1, -0.05) is 0 Å². The standard InChI is InChI=1S/C17H23FN2OS2/c18-14-2-4-16(5-3-14)23-13-17(21)20-8-1-7-19(9-10-20)15-6-11-22-12-15/h2-5,15H,1,6-13H2. The third-order valence-corrected chi connectivity index (χ3v) is 6.62. The molecule has 1 aromatic rings. The van der Waals surface area contributed by atoms with Gasteiger partial charge >= 0.3 is 0 Å². The third-order valence-electron chi connectivity index (χ3n) is 4.48. The topological polar surface area (TPSA) is 23.6 Å². The molecule has 0 radical (unpaired) electrons. The Bertz CT molecular complexity index is 520. The van der Waals surface area contributed by atoms with Gasteiger partial charge < -0.3 is 4.90 Å². The van der Waals surface area contributed by atoms with E-state index in [1.807, 2.05) is 16.7 Å². The molecule has 1 aromatic carbocycles. The van der Waals surface area contributed by atoms with E-state index in [0.29, 0.717) is 11.8 Å². The molecule has 0 saturated carbocycles. The van der Waals surface area contributed by atoms with Crippen LogP contribution in [-0.2, 0) is 4.79 Å². The van der Waals surface area contributed by atoms with Gasteiger partial charge in [-0.2, -0.15) is 11.8 Å². The minimum absolute atomic E-state index is 0.196. The SMILES string of the molecule is O=C(CSc1ccc(F)cc1)N1CCCN(C2CCSC2)CC1. The van der Waals surface area contributed by atoms with Gasteiger partial charge in [0.2, 0.25) is 5.91 Å². The van der Waals surface area contributed by atoms with Crippen LogP contribution in [0.15, 0.2) is 29.2 Å². The first-order valence-electron chi connectivity index (χ1n) is 8.20. The summed E-state index contributed by atoms with van der Waals surface area (Å²) in [4.78, 5) is 17.9.